The summed E-state index contributed by atoms with van der Waals surface area (Å²) in [4.78, 5) is 17.8. The molecule has 0 saturated heterocycles. The summed E-state index contributed by atoms with van der Waals surface area (Å²) in [7, 11) is 0. The highest BCUT2D eigenvalue weighted by molar-refractivity contribution is 7.15. The van der Waals surface area contributed by atoms with Gasteiger partial charge in [0.15, 0.2) is 5.82 Å². The van der Waals surface area contributed by atoms with Crippen LogP contribution < -0.4 is 0 Å². The van der Waals surface area contributed by atoms with Crippen LogP contribution in [-0.2, 0) is 4.79 Å². The zero-order chi connectivity index (χ0) is 18.4. The highest BCUT2D eigenvalue weighted by Gasteiger charge is 2.34. The van der Waals surface area contributed by atoms with Crippen LogP contribution in [0.5, 0.6) is 0 Å². The molecule has 7 heteroatoms. The van der Waals surface area contributed by atoms with Crippen molar-refractivity contribution in [3.63, 3.8) is 0 Å². The summed E-state index contributed by atoms with van der Waals surface area (Å²) in [6.45, 7) is 6.22. The molecule has 0 radical (unpaired) electrons. The molecular weight excluding hydrogens is 348 g/mol. The molecule has 1 saturated carbocycles. The molecule has 138 valence electrons. The maximum atomic E-state index is 11.5. The molecule has 4 rings (SSSR count). The van der Waals surface area contributed by atoms with E-state index in [2.05, 4.69) is 24.0 Å². The third-order valence-electron chi connectivity index (χ3n) is 5.63. The van der Waals surface area contributed by atoms with Crippen LogP contribution in [0, 0.1) is 26.7 Å². The normalized spacial score (nSPS) is 20.3. The van der Waals surface area contributed by atoms with Gasteiger partial charge in [-0.05, 0) is 39.2 Å². The highest BCUT2D eigenvalue weighted by Crippen LogP contribution is 2.41. The Balaban J connectivity index is 1.95. The van der Waals surface area contributed by atoms with E-state index in [1.54, 1.807) is 11.3 Å². The SMILES string of the molecule is Cc1sc2c(c1C)C(C1CCCCC1)=NC(CC(=O)O)c1nnc(C)n1-2. The lowest BCUT2D eigenvalue weighted by molar-refractivity contribution is -0.137. The van der Waals surface area contributed by atoms with Gasteiger partial charge in [-0.3, -0.25) is 14.4 Å². The second-order valence-electron chi connectivity index (χ2n) is 7.37. The minimum Gasteiger partial charge on any atom is -0.481 e. The fraction of sp³-hybridized carbons (Fsp3) is 0.579. The van der Waals surface area contributed by atoms with Gasteiger partial charge in [-0.15, -0.1) is 21.5 Å². The number of rotatable bonds is 3. The van der Waals surface area contributed by atoms with E-state index in [1.807, 2.05) is 11.5 Å². The van der Waals surface area contributed by atoms with Gasteiger partial charge in [-0.25, -0.2) is 0 Å². The van der Waals surface area contributed by atoms with Crippen LogP contribution in [0.4, 0.5) is 0 Å². The summed E-state index contributed by atoms with van der Waals surface area (Å²) in [5.41, 5.74) is 3.54. The summed E-state index contributed by atoms with van der Waals surface area (Å²) in [6, 6.07) is -0.482. The van der Waals surface area contributed by atoms with Crippen molar-refractivity contribution in [1.82, 2.24) is 14.8 Å². The molecule has 1 fully saturated rings. The summed E-state index contributed by atoms with van der Waals surface area (Å²) in [5.74, 6) is 0.993. The summed E-state index contributed by atoms with van der Waals surface area (Å²) in [5, 5.41) is 19.1. The van der Waals surface area contributed by atoms with Crippen LogP contribution in [0.2, 0.25) is 0 Å². The predicted octanol–water partition coefficient (Wildman–Crippen LogP) is 4.15. The van der Waals surface area contributed by atoms with Crippen LogP contribution in [-0.4, -0.2) is 31.6 Å². The van der Waals surface area contributed by atoms with E-state index in [1.165, 1.54) is 35.3 Å². The molecule has 1 N–H and O–H groups in total. The number of carbonyl (C=O) groups is 1. The fourth-order valence-electron chi connectivity index (χ4n) is 4.19. The van der Waals surface area contributed by atoms with Crippen LogP contribution >= 0.6 is 11.3 Å². The van der Waals surface area contributed by atoms with Gasteiger partial charge in [-0.2, -0.15) is 0 Å². The van der Waals surface area contributed by atoms with Gasteiger partial charge in [0, 0.05) is 22.1 Å². The van der Waals surface area contributed by atoms with Crippen molar-refractivity contribution in [2.45, 2.75) is 65.3 Å². The Kier molecular flexibility index (Phi) is 4.42. The van der Waals surface area contributed by atoms with Gasteiger partial charge < -0.3 is 5.11 Å². The number of nitrogens with zero attached hydrogens (tertiary/aromatic N) is 4. The molecule has 2 aromatic heterocycles. The molecule has 1 aliphatic heterocycles. The highest BCUT2D eigenvalue weighted by atomic mass is 32.1. The molecule has 2 aliphatic rings. The Morgan fingerprint density at radius 2 is 1.92 bits per heavy atom. The molecule has 0 bridgehead atoms. The molecule has 2 aromatic rings. The van der Waals surface area contributed by atoms with Crippen molar-refractivity contribution in [2.24, 2.45) is 10.9 Å². The second kappa shape index (κ2) is 6.61. The lowest BCUT2D eigenvalue weighted by atomic mass is 9.82. The average Bonchev–Trinajstić information content (AvgIpc) is 3.08. The molecule has 0 aromatic carbocycles. The number of hydrogen-bond acceptors (Lipinski definition) is 5. The number of aliphatic carboxylic acids is 1. The zero-order valence-corrected chi connectivity index (χ0v) is 16.3. The quantitative estimate of drug-likeness (QED) is 0.877. The van der Waals surface area contributed by atoms with Crippen molar-refractivity contribution in [3.8, 4) is 5.00 Å². The van der Waals surface area contributed by atoms with Crippen LogP contribution in [0.15, 0.2) is 4.99 Å². The maximum absolute atomic E-state index is 11.5. The molecule has 3 heterocycles. The number of fused-ring (bicyclic) bond motifs is 3. The van der Waals surface area contributed by atoms with E-state index < -0.39 is 12.0 Å². The van der Waals surface area contributed by atoms with E-state index in [-0.39, 0.29) is 6.42 Å². The van der Waals surface area contributed by atoms with Crippen molar-refractivity contribution >= 4 is 23.0 Å². The van der Waals surface area contributed by atoms with E-state index in [0.29, 0.717) is 11.7 Å². The summed E-state index contributed by atoms with van der Waals surface area (Å²) in [6.07, 6.45) is 5.92. The summed E-state index contributed by atoms with van der Waals surface area (Å²) >= 11 is 1.73. The number of aryl methyl sites for hydroxylation is 2. The molecular formula is C19H24N4O2S. The van der Waals surface area contributed by atoms with Gasteiger partial charge in [0.2, 0.25) is 0 Å². The molecule has 26 heavy (non-hydrogen) atoms. The van der Waals surface area contributed by atoms with E-state index in [9.17, 15) is 9.90 Å². The Morgan fingerprint density at radius 1 is 1.19 bits per heavy atom. The second-order valence-corrected chi connectivity index (χ2v) is 8.57. The standard InChI is InChI=1S/C19H24N4O2S/c1-10-11(2)26-19-16(10)17(13-7-5-4-6-8-13)20-14(9-15(24)25)18-22-21-12(3)23(18)19/h13-14H,4-9H2,1-3H3,(H,24,25). The third kappa shape index (κ3) is 2.78. The number of aliphatic imine (C=N–C) groups is 1. The van der Waals surface area contributed by atoms with Gasteiger partial charge in [0.05, 0.1) is 6.42 Å². The summed E-state index contributed by atoms with van der Waals surface area (Å²) < 4.78 is 2.03. The molecule has 0 amide bonds. The molecule has 1 atom stereocenters. The lowest BCUT2D eigenvalue weighted by Gasteiger charge is -2.24. The van der Waals surface area contributed by atoms with E-state index >= 15 is 0 Å². The molecule has 6 nitrogen and oxygen atoms in total. The first kappa shape index (κ1) is 17.4. The Hall–Kier alpha value is -2.02. The topological polar surface area (TPSA) is 80.4 Å². The monoisotopic (exact) mass is 372 g/mol. The largest absolute Gasteiger partial charge is 0.481 e. The van der Waals surface area contributed by atoms with Crippen LogP contribution in [0.3, 0.4) is 0 Å². The van der Waals surface area contributed by atoms with E-state index in [4.69, 9.17) is 4.99 Å². The third-order valence-corrected chi connectivity index (χ3v) is 6.82. The average molecular weight is 372 g/mol. The van der Waals surface area contributed by atoms with Crippen molar-refractivity contribution in [2.75, 3.05) is 0 Å². The number of aromatic nitrogens is 3. The van der Waals surface area contributed by atoms with Crippen molar-refractivity contribution < 1.29 is 9.90 Å². The Labute approximate surface area is 157 Å². The number of hydrogen-bond donors (Lipinski definition) is 1. The lowest BCUT2D eigenvalue weighted by Crippen LogP contribution is -2.21. The van der Waals surface area contributed by atoms with Gasteiger partial charge in [0.1, 0.15) is 16.9 Å². The first-order chi connectivity index (χ1) is 12.5. The van der Waals surface area contributed by atoms with Crippen molar-refractivity contribution in [1.29, 1.82) is 0 Å². The maximum Gasteiger partial charge on any atom is 0.306 e. The number of carboxylic acid groups (broad SMARTS) is 1. The molecule has 1 unspecified atom stereocenters. The van der Waals surface area contributed by atoms with Crippen molar-refractivity contribution in [3.05, 3.63) is 27.7 Å². The first-order valence-corrected chi connectivity index (χ1v) is 10.1. The van der Waals surface area contributed by atoms with Crippen LogP contribution in [0.25, 0.3) is 5.00 Å². The van der Waals surface area contributed by atoms with E-state index in [0.717, 1.165) is 29.4 Å². The molecule has 0 spiro atoms. The minimum absolute atomic E-state index is 0.0542. The first-order valence-electron chi connectivity index (χ1n) is 9.29. The molecule has 1 aliphatic carbocycles. The van der Waals surface area contributed by atoms with Gasteiger partial charge >= 0.3 is 5.97 Å². The minimum atomic E-state index is -0.855. The van der Waals surface area contributed by atoms with Gasteiger partial charge in [-0.1, -0.05) is 19.3 Å². The Bertz CT molecular complexity index is 890. The smallest absolute Gasteiger partial charge is 0.306 e. The Morgan fingerprint density at radius 3 is 2.62 bits per heavy atom. The number of thiophene rings is 1. The van der Waals surface area contributed by atoms with Gasteiger partial charge in [0.25, 0.3) is 0 Å². The zero-order valence-electron chi connectivity index (χ0n) is 15.4. The van der Waals surface area contributed by atoms with Crippen LogP contribution in [0.1, 0.15) is 72.2 Å². The number of carboxylic acids is 1. The fourth-order valence-corrected chi connectivity index (χ4v) is 5.41. The predicted molar refractivity (Wildman–Crippen MR) is 102 cm³/mol.